The molecule has 0 amide bonds. The maximum atomic E-state index is 12.5. The molecule has 0 bridgehead atoms. The van der Waals surface area contributed by atoms with Crippen LogP contribution in [0.1, 0.15) is 30.1 Å². The van der Waals surface area contributed by atoms with Crippen LogP contribution in [0.4, 0.5) is 0 Å². The van der Waals surface area contributed by atoms with Crippen LogP contribution in [0.3, 0.4) is 0 Å². The Morgan fingerprint density at radius 2 is 2.13 bits per heavy atom. The van der Waals surface area contributed by atoms with Crippen LogP contribution in [-0.2, 0) is 29.4 Å². The molecule has 3 rings (SSSR count). The molecular formula is C15H18ClN3O3S. The molecule has 0 spiro atoms. The second-order valence-corrected chi connectivity index (χ2v) is 7.61. The van der Waals surface area contributed by atoms with Gasteiger partial charge in [-0.15, -0.1) is 0 Å². The predicted molar refractivity (Wildman–Crippen MR) is 87.3 cm³/mol. The number of aromatic amines is 1. The topological polar surface area (TPSA) is 84.1 Å². The number of aryl methyl sites for hydroxylation is 2. The highest BCUT2D eigenvalue weighted by molar-refractivity contribution is 7.89. The number of halogens is 1. The number of hydrogen-bond donors (Lipinski definition) is 2. The van der Waals surface area contributed by atoms with E-state index in [0.717, 1.165) is 37.1 Å². The first-order valence-corrected chi connectivity index (χ1v) is 9.25. The van der Waals surface area contributed by atoms with Crippen molar-refractivity contribution in [3.8, 4) is 5.75 Å². The fourth-order valence-corrected chi connectivity index (χ4v) is 4.12. The van der Waals surface area contributed by atoms with E-state index >= 15 is 0 Å². The highest BCUT2D eigenvalue weighted by Crippen LogP contribution is 2.27. The first kappa shape index (κ1) is 16.3. The summed E-state index contributed by atoms with van der Waals surface area (Å²) in [6.45, 7) is 0.102. The second-order valence-electron chi connectivity index (χ2n) is 5.44. The Labute approximate surface area is 140 Å². The Morgan fingerprint density at radius 1 is 1.35 bits per heavy atom. The lowest BCUT2D eigenvalue weighted by Crippen LogP contribution is -2.24. The normalized spacial score (nSPS) is 14.5. The van der Waals surface area contributed by atoms with Gasteiger partial charge in [0.25, 0.3) is 0 Å². The lowest BCUT2D eigenvalue weighted by Gasteiger charge is -2.10. The quantitative estimate of drug-likeness (QED) is 0.862. The number of nitrogens with zero attached hydrogens (tertiary/aromatic N) is 1. The summed E-state index contributed by atoms with van der Waals surface area (Å²) in [5.74, 6) is 0.877. The molecular weight excluding hydrogens is 338 g/mol. The third-order valence-corrected chi connectivity index (χ3v) is 5.51. The maximum absolute atomic E-state index is 12.5. The van der Waals surface area contributed by atoms with Gasteiger partial charge in [0, 0.05) is 10.7 Å². The van der Waals surface area contributed by atoms with Crippen molar-refractivity contribution in [1.29, 1.82) is 0 Å². The minimum atomic E-state index is -3.74. The molecule has 0 aliphatic heterocycles. The van der Waals surface area contributed by atoms with Gasteiger partial charge in [-0.2, -0.15) is 0 Å². The lowest BCUT2D eigenvalue weighted by atomic mass is 10.0. The van der Waals surface area contributed by atoms with Gasteiger partial charge >= 0.3 is 0 Å². The molecule has 124 valence electrons. The Morgan fingerprint density at radius 3 is 2.87 bits per heavy atom. The third-order valence-electron chi connectivity index (χ3n) is 3.85. The molecule has 0 saturated carbocycles. The van der Waals surface area contributed by atoms with Gasteiger partial charge in [-0.25, -0.2) is 18.1 Å². The number of H-pyrrole nitrogens is 1. The fourth-order valence-electron chi connectivity index (χ4n) is 2.70. The summed E-state index contributed by atoms with van der Waals surface area (Å²) in [5.41, 5.74) is 2.16. The summed E-state index contributed by atoms with van der Waals surface area (Å²) in [6.07, 6.45) is 4.18. The third kappa shape index (κ3) is 3.52. The number of aromatic nitrogens is 2. The number of ether oxygens (including phenoxy) is 1. The maximum Gasteiger partial charge on any atom is 0.244 e. The van der Waals surface area contributed by atoms with Crippen LogP contribution in [-0.4, -0.2) is 25.5 Å². The average Bonchev–Trinajstić information content (AvgIpc) is 2.96. The van der Waals surface area contributed by atoms with Gasteiger partial charge in [-0.05, 0) is 43.9 Å². The number of nitrogens with one attached hydrogen (secondary N) is 2. The molecule has 0 atom stereocenters. The number of sulfonamides is 1. The number of fused-ring (bicyclic) bond motifs is 1. The summed E-state index contributed by atoms with van der Waals surface area (Å²) in [7, 11) is -2.33. The van der Waals surface area contributed by atoms with Crippen molar-refractivity contribution in [2.45, 2.75) is 37.1 Å². The van der Waals surface area contributed by atoms with Gasteiger partial charge in [-0.3, -0.25) is 0 Å². The van der Waals surface area contributed by atoms with E-state index < -0.39 is 10.0 Å². The van der Waals surface area contributed by atoms with E-state index in [0.29, 0.717) is 10.8 Å². The molecule has 23 heavy (non-hydrogen) atoms. The van der Waals surface area contributed by atoms with Crippen molar-refractivity contribution in [2.24, 2.45) is 0 Å². The molecule has 1 aromatic heterocycles. The molecule has 0 radical (unpaired) electrons. The van der Waals surface area contributed by atoms with Crippen molar-refractivity contribution in [1.82, 2.24) is 14.7 Å². The lowest BCUT2D eigenvalue weighted by molar-refractivity contribution is 0.402. The van der Waals surface area contributed by atoms with Gasteiger partial charge in [0.1, 0.15) is 16.5 Å². The molecule has 1 heterocycles. The van der Waals surface area contributed by atoms with Gasteiger partial charge in [-0.1, -0.05) is 11.6 Å². The largest absolute Gasteiger partial charge is 0.495 e. The van der Waals surface area contributed by atoms with Crippen molar-refractivity contribution in [3.05, 3.63) is 40.4 Å². The smallest absolute Gasteiger partial charge is 0.244 e. The van der Waals surface area contributed by atoms with Crippen LogP contribution in [0, 0.1) is 0 Å². The molecule has 0 fully saturated rings. The minimum absolute atomic E-state index is 0.0174. The molecule has 0 saturated heterocycles. The highest BCUT2D eigenvalue weighted by Gasteiger charge is 2.21. The van der Waals surface area contributed by atoms with Crippen LogP contribution in [0.15, 0.2) is 23.1 Å². The number of hydrogen-bond acceptors (Lipinski definition) is 4. The van der Waals surface area contributed by atoms with E-state index in [1.165, 1.54) is 19.2 Å². The van der Waals surface area contributed by atoms with Crippen LogP contribution in [0.5, 0.6) is 5.75 Å². The van der Waals surface area contributed by atoms with E-state index in [4.69, 9.17) is 16.3 Å². The predicted octanol–water partition coefficient (Wildman–Crippen LogP) is 2.43. The minimum Gasteiger partial charge on any atom is -0.495 e. The van der Waals surface area contributed by atoms with E-state index in [1.54, 1.807) is 6.07 Å². The van der Waals surface area contributed by atoms with Crippen molar-refractivity contribution in [3.63, 3.8) is 0 Å². The monoisotopic (exact) mass is 355 g/mol. The summed E-state index contributed by atoms with van der Waals surface area (Å²) in [4.78, 5) is 7.69. The van der Waals surface area contributed by atoms with Crippen molar-refractivity contribution in [2.75, 3.05) is 7.11 Å². The molecule has 6 nitrogen and oxygen atoms in total. The first-order valence-electron chi connectivity index (χ1n) is 7.39. The standard InChI is InChI=1S/C15H18ClN3O3S/c1-22-13-7-6-10(16)8-14(13)23(20,21)17-9-15-18-11-4-2-3-5-12(11)19-15/h6-8,17H,2-5,9H2,1H3,(H,18,19). The molecule has 0 unspecified atom stereocenters. The molecule has 1 aliphatic rings. The van der Waals surface area contributed by atoms with Crippen LogP contribution >= 0.6 is 11.6 Å². The van der Waals surface area contributed by atoms with Crippen molar-refractivity contribution >= 4 is 21.6 Å². The first-order chi connectivity index (χ1) is 11.0. The SMILES string of the molecule is COc1ccc(Cl)cc1S(=O)(=O)NCc1nc2c([nH]1)CCCC2. The van der Waals surface area contributed by atoms with E-state index in [2.05, 4.69) is 14.7 Å². The van der Waals surface area contributed by atoms with Crippen LogP contribution in [0.25, 0.3) is 0 Å². The van der Waals surface area contributed by atoms with E-state index in [9.17, 15) is 8.42 Å². The fraction of sp³-hybridized carbons (Fsp3) is 0.400. The Balaban J connectivity index is 1.79. The zero-order valence-corrected chi connectivity index (χ0v) is 14.3. The zero-order chi connectivity index (χ0) is 16.4. The molecule has 8 heteroatoms. The zero-order valence-electron chi connectivity index (χ0n) is 12.7. The highest BCUT2D eigenvalue weighted by atomic mass is 35.5. The summed E-state index contributed by atoms with van der Waals surface area (Å²) in [6, 6.07) is 4.48. The number of imidazole rings is 1. The average molecular weight is 356 g/mol. The van der Waals surface area contributed by atoms with E-state index in [1.807, 2.05) is 0 Å². The second kappa shape index (κ2) is 6.51. The van der Waals surface area contributed by atoms with Crippen LogP contribution < -0.4 is 9.46 Å². The van der Waals surface area contributed by atoms with Crippen LogP contribution in [0.2, 0.25) is 5.02 Å². The van der Waals surface area contributed by atoms with Gasteiger partial charge in [0.05, 0.1) is 19.3 Å². The molecule has 2 aromatic rings. The van der Waals surface area contributed by atoms with Gasteiger partial charge in [0.2, 0.25) is 10.0 Å². The summed E-state index contributed by atoms with van der Waals surface area (Å²) >= 11 is 5.90. The molecule has 1 aromatic carbocycles. The Bertz CT molecular complexity index is 794. The number of benzene rings is 1. The number of methoxy groups -OCH3 is 1. The van der Waals surface area contributed by atoms with Gasteiger partial charge < -0.3 is 9.72 Å². The summed E-state index contributed by atoms with van der Waals surface area (Å²) < 4.78 is 32.6. The molecule has 1 aliphatic carbocycles. The molecule has 2 N–H and O–H groups in total. The Hall–Kier alpha value is -1.57. The van der Waals surface area contributed by atoms with Gasteiger partial charge in [0.15, 0.2) is 0 Å². The van der Waals surface area contributed by atoms with E-state index in [-0.39, 0.29) is 17.2 Å². The number of rotatable bonds is 5. The van der Waals surface area contributed by atoms with Crippen molar-refractivity contribution < 1.29 is 13.2 Å². The Kier molecular flexibility index (Phi) is 4.61. The summed E-state index contributed by atoms with van der Waals surface area (Å²) in [5, 5.41) is 0.333.